The number of aromatic nitrogens is 3. The van der Waals surface area contributed by atoms with Gasteiger partial charge in [0.2, 0.25) is 0 Å². The van der Waals surface area contributed by atoms with Crippen molar-refractivity contribution >= 4 is 21.7 Å². The molecule has 3 nitrogen and oxygen atoms in total. The summed E-state index contributed by atoms with van der Waals surface area (Å²) in [6.07, 6.45) is 3.66. The van der Waals surface area contributed by atoms with Crippen LogP contribution < -0.4 is 0 Å². The van der Waals surface area contributed by atoms with Gasteiger partial charge in [0.25, 0.3) is 0 Å². The van der Waals surface area contributed by atoms with Crippen LogP contribution in [0.2, 0.25) is 0 Å². The summed E-state index contributed by atoms with van der Waals surface area (Å²) in [5.74, 6) is 0. The third kappa shape index (κ3) is 7.44. The van der Waals surface area contributed by atoms with Gasteiger partial charge in [-0.25, -0.2) is 0 Å². The number of hydrogen-bond acceptors (Lipinski definition) is 3. The van der Waals surface area contributed by atoms with E-state index in [-0.39, 0.29) is 20.1 Å². The van der Waals surface area contributed by atoms with Crippen LogP contribution in [0.15, 0.2) is 128 Å². The molecule has 3 aromatic heterocycles. The minimum atomic E-state index is 0. The summed E-state index contributed by atoms with van der Waals surface area (Å²) in [4.78, 5) is 13.8. The SMILES string of the molecule is Cc1ccnc(-c2[c-]ccc(-c3c(C)cc(C)c(-c4cc5nc(C)ccc5c5ccc(C)cc45)c3C)c2)c1.[Ir].[c-]1ccccc1-c1ccccn1. The van der Waals surface area contributed by atoms with E-state index in [1.807, 2.05) is 60.8 Å². The number of benzene rings is 5. The van der Waals surface area contributed by atoms with Crippen LogP contribution >= 0.6 is 0 Å². The van der Waals surface area contributed by atoms with Crippen LogP contribution in [-0.2, 0) is 20.1 Å². The van der Waals surface area contributed by atoms with Gasteiger partial charge in [0.15, 0.2) is 0 Å². The Morgan fingerprint density at radius 3 is 2.02 bits per heavy atom. The predicted molar refractivity (Wildman–Crippen MR) is 209 cm³/mol. The summed E-state index contributed by atoms with van der Waals surface area (Å²) < 4.78 is 0. The molecule has 3 heterocycles. The van der Waals surface area contributed by atoms with Gasteiger partial charge in [-0.15, -0.1) is 71.3 Å². The first-order chi connectivity index (χ1) is 24.3. The molecule has 0 aliphatic carbocycles. The maximum Gasteiger partial charge on any atom is 0.0717 e. The van der Waals surface area contributed by atoms with E-state index >= 15 is 0 Å². The smallest absolute Gasteiger partial charge is 0.0717 e. The van der Waals surface area contributed by atoms with E-state index in [0.29, 0.717) is 0 Å². The molecule has 8 rings (SSSR count). The van der Waals surface area contributed by atoms with Crippen LogP contribution in [0.5, 0.6) is 0 Å². The standard InChI is InChI=1S/C36H31N2.C11H8N.Ir/c1-21-10-12-29-30-13-11-25(5)38-34(30)20-32(31(29)16-21)36-24(4)18-23(3)35(26(36)6)28-9-7-8-27(19-28)33-17-22(2)14-15-37-33;1-2-6-10(7-3-1)11-8-4-5-9-12-11;/h7,9-20H,1-6H3;1-6,8-9H;/q2*-1;. The Morgan fingerprint density at radius 1 is 0.510 bits per heavy atom. The minimum absolute atomic E-state index is 0. The van der Waals surface area contributed by atoms with Gasteiger partial charge in [0.1, 0.15) is 0 Å². The quantitative estimate of drug-likeness (QED) is 0.131. The summed E-state index contributed by atoms with van der Waals surface area (Å²) in [5, 5.41) is 3.72. The average molecular weight is 838 g/mol. The predicted octanol–water partition coefficient (Wildman–Crippen LogP) is 12.0. The van der Waals surface area contributed by atoms with Crippen LogP contribution in [0.4, 0.5) is 0 Å². The van der Waals surface area contributed by atoms with Crippen LogP contribution in [0.25, 0.3) is 66.4 Å². The first kappa shape index (κ1) is 35.5. The van der Waals surface area contributed by atoms with Crippen LogP contribution in [-0.4, -0.2) is 15.0 Å². The van der Waals surface area contributed by atoms with Gasteiger partial charge in [-0.05, 0) is 121 Å². The number of aryl methyl sites for hydroxylation is 5. The zero-order chi connectivity index (χ0) is 34.8. The average Bonchev–Trinajstić information content (AvgIpc) is 3.12. The van der Waals surface area contributed by atoms with Crippen LogP contribution in [0.1, 0.15) is 33.5 Å². The molecule has 0 N–H and O–H groups in total. The molecule has 253 valence electrons. The van der Waals surface area contributed by atoms with Crippen molar-refractivity contribution in [3.05, 3.63) is 173 Å². The molecule has 51 heavy (non-hydrogen) atoms. The second-order valence-corrected chi connectivity index (χ2v) is 13.1. The molecule has 0 aliphatic rings. The maximum absolute atomic E-state index is 4.93. The van der Waals surface area contributed by atoms with E-state index in [1.54, 1.807) is 6.20 Å². The summed E-state index contributed by atoms with van der Waals surface area (Å²) in [6.45, 7) is 13.0. The molecular formula is C47H39IrN3-2. The van der Waals surface area contributed by atoms with E-state index < -0.39 is 0 Å². The van der Waals surface area contributed by atoms with Gasteiger partial charge >= 0.3 is 0 Å². The third-order valence-corrected chi connectivity index (χ3v) is 9.27. The van der Waals surface area contributed by atoms with Crippen molar-refractivity contribution < 1.29 is 20.1 Å². The topological polar surface area (TPSA) is 38.7 Å². The summed E-state index contributed by atoms with van der Waals surface area (Å²) in [7, 11) is 0. The van der Waals surface area contributed by atoms with Crippen molar-refractivity contribution in [1.29, 1.82) is 0 Å². The zero-order valence-corrected chi connectivity index (χ0v) is 32.2. The molecule has 0 atom stereocenters. The Balaban J connectivity index is 0.000000291. The normalized spacial score (nSPS) is 10.8. The number of hydrogen-bond donors (Lipinski definition) is 0. The fourth-order valence-corrected chi connectivity index (χ4v) is 7.02. The molecular weight excluding hydrogens is 799 g/mol. The van der Waals surface area contributed by atoms with Gasteiger partial charge in [0, 0.05) is 43.6 Å². The van der Waals surface area contributed by atoms with Crippen LogP contribution in [0.3, 0.4) is 0 Å². The van der Waals surface area contributed by atoms with Crippen LogP contribution in [0, 0.1) is 53.7 Å². The first-order valence-electron chi connectivity index (χ1n) is 17.0. The molecule has 0 amide bonds. The number of nitrogens with zero attached hydrogens (tertiary/aromatic N) is 3. The van der Waals surface area contributed by atoms with E-state index in [1.165, 1.54) is 66.2 Å². The van der Waals surface area contributed by atoms with Gasteiger partial charge in [-0.2, -0.15) is 0 Å². The van der Waals surface area contributed by atoms with Crippen molar-refractivity contribution in [1.82, 2.24) is 15.0 Å². The van der Waals surface area contributed by atoms with Crippen molar-refractivity contribution in [2.24, 2.45) is 0 Å². The van der Waals surface area contributed by atoms with E-state index in [0.717, 1.165) is 33.7 Å². The van der Waals surface area contributed by atoms with Gasteiger partial charge < -0.3 is 9.97 Å². The molecule has 0 saturated carbocycles. The van der Waals surface area contributed by atoms with Gasteiger partial charge in [0.05, 0.1) is 5.52 Å². The molecule has 0 bridgehead atoms. The van der Waals surface area contributed by atoms with Crippen molar-refractivity contribution in [3.63, 3.8) is 0 Å². The molecule has 0 spiro atoms. The van der Waals surface area contributed by atoms with E-state index in [9.17, 15) is 0 Å². The number of fused-ring (bicyclic) bond motifs is 3. The molecule has 5 aromatic carbocycles. The summed E-state index contributed by atoms with van der Waals surface area (Å²) in [5.41, 5.74) is 17.3. The molecule has 1 radical (unpaired) electrons. The molecule has 0 aliphatic heterocycles. The fraction of sp³-hybridized carbons (Fsp3) is 0.128. The monoisotopic (exact) mass is 838 g/mol. The Bertz CT molecular complexity index is 2450. The second kappa shape index (κ2) is 15.3. The Hall–Kier alpha value is -5.28. The largest absolute Gasteiger partial charge is 0.305 e. The number of pyridine rings is 3. The second-order valence-electron chi connectivity index (χ2n) is 13.1. The third-order valence-electron chi connectivity index (χ3n) is 9.27. The zero-order valence-electron chi connectivity index (χ0n) is 29.8. The molecule has 0 saturated heterocycles. The molecule has 0 fully saturated rings. The summed E-state index contributed by atoms with van der Waals surface area (Å²) >= 11 is 0. The van der Waals surface area contributed by atoms with E-state index in [2.05, 4.69) is 124 Å². The van der Waals surface area contributed by atoms with Crippen molar-refractivity contribution in [2.45, 2.75) is 41.5 Å². The molecule has 8 aromatic rings. The van der Waals surface area contributed by atoms with Crippen molar-refractivity contribution in [2.75, 3.05) is 0 Å². The molecule has 0 unspecified atom stereocenters. The Kier molecular flexibility index (Phi) is 10.7. The first-order valence-corrected chi connectivity index (χ1v) is 17.0. The summed E-state index contributed by atoms with van der Waals surface area (Å²) in [6, 6.07) is 46.5. The van der Waals surface area contributed by atoms with Crippen molar-refractivity contribution in [3.8, 4) is 44.8 Å². The molecule has 4 heteroatoms. The minimum Gasteiger partial charge on any atom is -0.305 e. The Morgan fingerprint density at radius 2 is 1.25 bits per heavy atom. The Labute approximate surface area is 314 Å². The van der Waals surface area contributed by atoms with Gasteiger partial charge in [-0.3, -0.25) is 4.98 Å². The number of rotatable bonds is 4. The fourth-order valence-electron chi connectivity index (χ4n) is 7.02. The van der Waals surface area contributed by atoms with E-state index in [4.69, 9.17) is 4.98 Å². The maximum atomic E-state index is 4.93. The van der Waals surface area contributed by atoms with Gasteiger partial charge in [-0.1, -0.05) is 59.7 Å².